The maximum atomic E-state index is 11.9. The molecule has 192 valence electrons. The van der Waals surface area contributed by atoms with E-state index in [0.717, 1.165) is 12.8 Å². The fourth-order valence-electron chi connectivity index (χ4n) is 3.49. The number of hydrogen-bond donors (Lipinski definition) is 0. The van der Waals surface area contributed by atoms with Crippen molar-refractivity contribution in [1.82, 2.24) is 0 Å². The molecule has 0 radical (unpaired) electrons. The molecule has 0 amide bonds. The molecule has 0 spiro atoms. The maximum absolute atomic E-state index is 11.9. The molecule has 3 aromatic rings. The van der Waals surface area contributed by atoms with Gasteiger partial charge in [-0.25, -0.2) is 0 Å². The summed E-state index contributed by atoms with van der Waals surface area (Å²) in [6.07, 6.45) is 12.3. The fraction of sp³-hybridized carbons (Fsp3) is 0.400. The van der Waals surface area contributed by atoms with Crippen molar-refractivity contribution in [2.75, 3.05) is 6.61 Å². The van der Waals surface area contributed by atoms with Crippen LogP contribution in [0.15, 0.2) is 95.9 Å². The zero-order valence-corrected chi connectivity index (χ0v) is 23.9. The molecule has 0 bridgehead atoms. The Labute approximate surface area is 223 Å². The molecule has 0 atom stereocenters. The first-order valence-corrected chi connectivity index (χ1v) is 16.4. The Kier molecular flexibility index (Phi) is 15.7. The molecule has 0 aliphatic carbocycles. The van der Waals surface area contributed by atoms with Crippen LogP contribution < -0.4 is 21.2 Å². The van der Waals surface area contributed by atoms with Gasteiger partial charge >= 0.3 is 89.0 Å². The van der Waals surface area contributed by atoms with Gasteiger partial charge in [-0.1, -0.05) is 82.9 Å². The van der Waals surface area contributed by atoms with Crippen molar-refractivity contribution in [1.29, 1.82) is 0 Å². The quantitative estimate of drug-likeness (QED) is 0.137. The van der Waals surface area contributed by atoms with Gasteiger partial charge in [-0.15, -0.1) is 0 Å². The Morgan fingerprint density at radius 3 is 1.43 bits per heavy atom. The molecule has 5 heteroatoms. The number of hydrogen-bond acceptors (Lipinski definition) is 3. The van der Waals surface area contributed by atoms with Crippen LogP contribution in [0.3, 0.4) is 0 Å². The van der Waals surface area contributed by atoms with E-state index in [1.807, 2.05) is 0 Å². The summed E-state index contributed by atoms with van der Waals surface area (Å²) in [5.41, 5.74) is 0. The predicted octanol–water partition coefficient (Wildman–Crippen LogP) is 5.13. The van der Waals surface area contributed by atoms with E-state index < -0.39 is 10.1 Å². The van der Waals surface area contributed by atoms with Crippen molar-refractivity contribution >= 4 is 10.1 Å². The zero-order chi connectivity index (χ0) is 25.0. The van der Waals surface area contributed by atoms with Crippen LogP contribution in [0.25, 0.3) is 0 Å². The average Bonchev–Trinajstić information content (AvgIpc) is 2.89. The summed E-state index contributed by atoms with van der Waals surface area (Å²) in [4.78, 5) is 0.238. The Hall–Kier alpha value is -1.70. The van der Waals surface area contributed by atoms with Crippen molar-refractivity contribution in [3.05, 3.63) is 98.1 Å². The first-order chi connectivity index (χ1) is 17.1. The standard InChI is InChI=1S/C18H30O3S.C12H10I/c1-2-3-4-5-6-7-8-9-10-14-17-21-22(19,20)18-15-12-11-13-16-18;1-3-7-11(8-4-1)13-12-9-5-2-6-10-12/h11-13,15-16H,2-10,14,17H2,1H3;1-10H/q;-1. The number of halogens is 1. The van der Waals surface area contributed by atoms with Gasteiger partial charge in [0, 0.05) is 0 Å². The molecule has 3 aromatic carbocycles. The second-order valence-electron chi connectivity index (χ2n) is 8.46. The summed E-state index contributed by atoms with van der Waals surface area (Å²) in [5.74, 6) is 0. The molecule has 0 unspecified atom stereocenters. The molecule has 35 heavy (non-hydrogen) atoms. The SMILES string of the molecule is CCCCCCCCCCCCOS(=O)(=O)c1ccccc1.c1ccc([I-]c2ccccc2)cc1. The Morgan fingerprint density at radius 2 is 0.971 bits per heavy atom. The minimum absolute atomic E-state index is 0.0287. The van der Waals surface area contributed by atoms with Gasteiger partial charge < -0.3 is 0 Å². The van der Waals surface area contributed by atoms with Crippen molar-refractivity contribution in [2.24, 2.45) is 0 Å². The van der Waals surface area contributed by atoms with Gasteiger partial charge in [-0.05, 0) is 18.6 Å². The number of benzene rings is 3. The predicted molar refractivity (Wildman–Crippen MR) is 142 cm³/mol. The van der Waals surface area contributed by atoms with Crippen molar-refractivity contribution in [3.63, 3.8) is 0 Å². The monoisotopic (exact) mass is 607 g/mol. The Balaban J connectivity index is 0.000000279. The molecule has 0 aliphatic rings. The van der Waals surface area contributed by atoms with Gasteiger partial charge in [0.05, 0.1) is 11.5 Å². The minimum atomic E-state index is -3.57. The normalized spacial score (nSPS) is 11.1. The van der Waals surface area contributed by atoms with Crippen molar-refractivity contribution in [2.45, 2.75) is 76.0 Å². The molecule has 0 N–H and O–H groups in total. The summed E-state index contributed by atoms with van der Waals surface area (Å²) < 4.78 is 31.8. The molecule has 0 saturated carbocycles. The molecule has 0 saturated heterocycles. The molecule has 0 aromatic heterocycles. The summed E-state index contributed by atoms with van der Waals surface area (Å²) in [7, 11) is -3.57. The Bertz CT molecular complexity index is 956. The summed E-state index contributed by atoms with van der Waals surface area (Å²) in [6.45, 7) is 2.52. The van der Waals surface area contributed by atoms with E-state index in [2.05, 4.69) is 67.6 Å². The van der Waals surface area contributed by atoms with Crippen LogP contribution in [-0.2, 0) is 14.3 Å². The topological polar surface area (TPSA) is 43.4 Å². The van der Waals surface area contributed by atoms with Gasteiger partial charge in [-0.2, -0.15) is 8.42 Å². The van der Waals surface area contributed by atoms with Crippen LogP contribution in [0.5, 0.6) is 0 Å². The number of unbranched alkanes of at least 4 members (excludes halogenated alkanes) is 9. The third kappa shape index (κ3) is 13.8. The van der Waals surface area contributed by atoms with E-state index in [0.29, 0.717) is 0 Å². The Morgan fingerprint density at radius 1 is 0.571 bits per heavy atom. The van der Waals surface area contributed by atoms with Crippen LogP contribution in [0.2, 0.25) is 0 Å². The molecule has 0 aliphatic heterocycles. The molecule has 0 heterocycles. The third-order valence-corrected chi connectivity index (χ3v) is 9.46. The zero-order valence-electron chi connectivity index (χ0n) is 20.9. The van der Waals surface area contributed by atoms with Gasteiger partial charge in [0.15, 0.2) is 0 Å². The van der Waals surface area contributed by atoms with E-state index >= 15 is 0 Å². The van der Waals surface area contributed by atoms with Crippen LogP contribution in [0.4, 0.5) is 0 Å². The van der Waals surface area contributed by atoms with Crippen LogP contribution in [-0.4, -0.2) is 15.0 Å². The van der Waals surface area contributed by atoms with E-state index in [1.54, 1.807) is 30.3 Å². The van der Waals surface area contributed by atoms with Crippen molar-refractivity contribution in [3.8, 4) is 0 Å². The molecular weight excluding hydrogens is 567 g/mol. The van der Waals surface area contributed by atoms with Crippen LogP contribution in [0, 0.1) is 7.14 Å². The molecule has 3 rings (SSSR count). The van der Waals surface area contributed by atoms with Gasteiger partial charge in [0.2, 0.25) is 0 Å². The average molecular weight is 608 g/mol. The van der Waals surface area contributed by atoms with Crippen LogP contribution in [0.1, 0.15) is 71.1 Å². The van der Waals surface area contributed by atoms with E-state index in [4.69, 9.17) is 4.18 Å². The third-order valence-electron chi connectivity index (χ3n) is 5.45. The molecule has 0 fully saturated rings. The first-order valence-electron chi connectivity index (χ1n) is 12.8. The second kappa shape index (κ2) is 18.6. The van der Waals surface area contributed by atoms with Crippen molar-refractivity contribution < 1.29 is 33.8 Å². The summed E-state index contributed by atoms with van der Waals surface area (Å²) in [6, 6.07) is 29.7. The first kappa shape index (κ1) is 29.5. The summed E-state index contributed by atoms with van der Waals surface area (Å²) >= 11 is 0.0287. The molecule has 3 nitrogen and oxygen atoms in total. The van der Waals surface area contributed by atoms with Gasteiger partial charge in [0.1, 0.15) is 0 Å². The van der Waals surface area contributed by atoms with Gasteiger partial charge in [-0.3, -0.25) is 4.18 Å². The second-order valence-corrected chi connectivity index (χ2v) is 13.1. The number of rotatable bonds is 15. The van der Waals surface area contributed by atoms with E-state index in [-0.39, 0.29) is 32.7 Å². The van der Waals surface area contributed by atoms with E-state index in [1.165, 1.54) is 58.5 Å². The fourth-order valence-corrected chi connectivity index (χ4v) is 6.73. The molecular formula is C30H40IO3S-. The summed E-state index contributed by atoms with van der Waals surface area (Å²) in [5, 5.41) is 0. The van der Waals surface area contributed by atoms with E-state index in [9.17, 15) is 8.42 Å². The van der Waals surface area contributed by atoms with Crippen LogP contribution >= 0.6 is 0 Å². The van der Waals surface area contributed by atoms with Gasteiger partial charge in [0.25, 0.3) is 10.1 Å².